The summed E-state index contributed by atoms with van der Waals surface area (Å²) >= 11 is 5.84. The van der Waals surface area contributed by atoms with Crippen LogP contribution in [0.25, 0.3) is 0 Å². The summed E-state index contributed by atoms with van der Waals surface area (Å²) in [4.78, 5) is 26.2. The highest BCUT2D eigenvalue weighted by Gasteiger charge is 2.35. The minimum Gasteiger partial charge on any atom is -0.352 e. The van der Waals surface area contributed by atoms with Gasteiger partial charge in [0.15, 0.2) is 0 Å². The first-order valence-electron chi connectivity index (χ1n) is 7.90. The average molecular weight is 354 g/mol. The summed E-state index contributed by atoms with van der Waals surface area (Å²) in [5.41, 5.74) is 1.93. The number of hydrogen-bond acceptors (Lipinski definition) is 3. The molecule has 25 heavy (non-hydrogen) atoms. The molecule has 0 aromatic heterocycles. The topological polar surface area (TPSA) is 73.2 Å². The second-order valence-corrected chi connectivity index (χ2v) is 6.32. The standard InChI is InChI=1S/C19H16ClN3O2/c20-16-7-5-13(6-8-16)11-22-19(25)15-9-18(24)23(12-15)17-4-2-1-3-14(17)10-21/h1-8,15H,9,11-12H2,(H,22,25). The lowest BCUT2D eigenvalue weighted by molar-refractivity contribution is -0.126. The highest BCUT2D eigenvalue weighted by Crippen LogP contribution is 2.27. The summed E-state index contributed by atoms with van der Waals surface area (Å²) < 4.78 is 0. The highest BCUT2D eigenvalue weighted by atomic mass is 35.5. The number of amides is 2. The van der Waals surface area contributed by atoms with Gasteiger partial charge in [0, 0.05) is 24.5 Å². The highest BCUT2D eigenvalue weighted by molar-refractivity contribution is 6.30. The van der Waals surface area contributed by atoms with Gasteiger partial charge in [0.1, 0.15) is 6.07 Å². The molecule has 1 saturated heterocycles. The molecular formula is C19H16ClN3O2. The first kappa shape index (κ1) is 17.0. The lowest BCUT2D eigenvalue weighted by Crippen LogP contribution is -2.32. The van der Waals surface area contributed by atoms with E-state index in [-0.39, 0.29) is 24.8 Å². The summed E-state index contributed by atoms with van der Waals surface area (Å²) in [7, 11) is 0. The normalized spacial score (nSPS) is 16.6. The number of nitriles is 1. The van der Waals surface area contributed by atoms with Gasteiger partial charge in [-0.2, -0.15) is 5.26 Å². The van der Waals surface area contributed by atoms with E-state index in [1.54, 1.807) is 36.4 Å². The largest absolute Gasteiger partial charge is 0.352 e. The molecule has 3 rings (SSSR count). The molecule has 0 radical (unpaired) electrons. The molecule has 1 fully saturated rings. The number of rotatable bonds is 4. The molecule has 2 aromatic carbocycles. The number of nitrogens with zero attached hydrogens (tertiary/aromatic N) is 2. The zero-order chi connectivity index (χ0) is 17.8. The molecule has 126 valence electrons. The summed E-state index contributed by atoms with van der Waals surface area (Å²) in [5, 5.41) is 12.7. The number of para-hydroxylation sites is 1. The van der Waals surface area contributed by atoms with Crippen LogP contribution in [-0.2, 0) is 16.1 Å². The Morgan fingerprint density at radius 2 is 1.96 bits per heavy atom. The number of halogens is 1. The average Bonchev–Trinajstić information content (AvgIpc) is 3.02. The number of carbonyl (C=O) groups is 2. The van der Waals surface area contributed by atoms with E-state index in [2.05, 4.69) is 11.4 Å². The zero-order valence-corrected chi connectivity index (χ0v) is 14.2. The molecule has 0 aliphatic carbocycles. The Labute approximate surface area is 150 Å². The first-order chi connectivity index (χ1) is 12.1. The fraction of sp³-hybridized carbons (Fsp3) is 0.211. The third-order valence-electron chi connectivity index (χ3n) is 4.19. The molecule has 1 heterocycles. The smallest absolute Gasteiger partial charge is 0.227 e. The molecule has 6 heteroatoms. The van der Waals surface area contributed by atoms with Gasteiger partial charge in [0.2, 0.25) is 11.8 Å². The number of nitrogens with one attached hydrogen (secondary N) is 1. The van der Waals surface area contributed by atoms with Crippen LogP contribution in [0.5, 0.6) is 0 Å². The molecule has 1 aliphatic rings. The fourth-order valence-corrected chi connectivity index (χ4v) is 2.98. The van der Waals surface area contributed by atoms with Crippen molar-refractivity contribution in [3.63, 3.8) is 0 Å². The van der Waals surface area contributed by atoms with E-state index >= 15 is 0 Å². The van der Waals surface area contributed by atoms with Gasteiger partial charge in [-0.15, -0.1) is 0 Å². The number of hydrogen-bond donors (Lipinski definition) is 1. The Balaban J connectivity index is 1.64. The summed E-state index contributed by atoms with van der Waals surface area (Å²) in [6, 6.07) is 16.2. The zero-order valence-electron chi connectivity index (χ0n) is 13.4. The van der Waals surface area contributed by atoms with Gasteiger partial charge in [-0.3, -0.25) is 9.59 Å². The van der Waals surface area contributed by atoms with Crippen LogP contribution >= 0.6 is 11.6 Å². The Kier molecular flexibility index (Phi) is 5.01. The molecule has 0 saturated carbocycles. The minimum atomic E-state index is -0.424. The molecule has 2 aromatic rings. The van der Waals surface area contributed by atoms with Crippen molar-refractivity contribution in [1.82, 2.24) is 5.32 Å². The van der Waals surface area contributed by atoms with Gasteiger partial charge in [-0.1, -0.05) is 35.9 Å². The summed E-state index contributed by atoms with van der Waals surface area (Å²) in [6.45, 7) is 0.666. The van der Waals surface area contributed by atoms with Gasteiger partial charge in [-0.05, 0) is 29.8 Å². The first-order valence-corrected chi connectivity index (χ1v) is 8.28. The van der Waals surface area contributed by atoms with Gasteiger partial charge in [-0.25, -0.2) is 0 Å². The lowest BCUT2D eigenvalue weighted by Gasteiger charge is -2.18. The Morgan fingerprint density at radius 1 is 1.24 bits per heavy atom. The van der Waals surface area contributed by atoms with E-state index in [0.717, 1.165) is 5.56 Å². The van der Waals surface area contributed by atoms with Crippen LogP contribution in [-0.4, -0.2) is 18.4 Å². The van der Waals surface area contributed by atoms with E-state index < -0.39 is 5.92 Å². The van der Waals surface area contributed by atoms with Gasteiger partial charge < -0.3 is 10.2 Å². The van der Waals surface area contributed by atoms with Crippen LogP contribution in [0.3, 0.4) is 0 Å². The molecule has 1 N–H and O–H groups in total. The maximum absolute atomic E-state index is 12.4. The molecule has 2 amide bonds. The SMILES string of the molecule is N#Cc1ccccc1N1CC(C(=O)NCc2ccc(Cl)cc2)CC1=O. The molecule has 1 aliphatic heterocycles. The molecular weight excluding hydrogens is 338 g/mol. The monoisotopic (exact) mass is 353 g/mol. The quantitative estimate of drug-likeness (QED) is 0.918. The van der Waals surface area contributed by atoms with Crippen LogP contribution in [0.15, 0.2) is 48.5 Å². The molecule has 1 unspecified atom stereocenters. The third kappa shape index (κ3) is 3.81. The maximum Gasteiger partial charge on any atom is 0.227 e. The predicted octanol–water partition coefficient (Wildman–Crippen LogP) is 2.88. The van der Waals surface area contributed by atoms with Gasteiger partial charge in [0.25, 0.3) is 0 Å². The summed E-state index contributed by atoms with van der Waals surface area (Å²) in [6.07, 6.45) is 0.145. The summed E-state index contributed by atoms with van der Waals surface area (Å²) in [5.74, 6) is -0.735. The molecule has 5 nitrogen and oxygen atoms in total. The van der Waals surface area contributed by atoms with E-state index in [1.807, 2.05) is 12.1 Å². The van der Waals surface area contributed by atoms with E-state index in [1.165, 1.54) is 4.90 Å². The van der Waals surface area contributed by atoms with Crippen molar-refractivity contribution in [1.29, 1.82) is 5.26 Å². The molecule has 0 bridgehead atoms. The predicted molar refractivity (Wildman–Crippen MR) is 94.9 cm³/mol. The lowest BCUT2D eigenvalue weighted by atomic mass is 10.1. The second-order valence-electron chi connectivity index (χ2n) is 5.88. The Bertz CT molecular complexity index is 842. The van der Waals surface area contributed by atoms with Crippen LogP contribution in [0.1, 0.15) is 17.5 Å². The van der Waals surface area contributed by atoms with E-state index in [9.17, 15) is 14.9 Å². The van der Waals surface area contributed by atoms with Crippen molar-refractivity contribution >= 4 is 29.1 Å². The number of carbonyl (C=O) groups excluding carboxylic acids is 2. The van der Waals surface area contributed by atoms with Crippen LogP contribution in [0, 0.1) is 17.2 Å². The maximum atomic E-state index is 12.4. The van der Waals surface area contributed by atoms with Crippen molar-refractivity contribution in [2.45, 2.75) is 13.0 Å². The van der Waals surface area contributed by atoms with E-state index in [4.69, 9.17) is 11.6 Å². The van der Waals surface area contributed by atoms with Gasteiger partial charge in [0.05, 0.1) is 17.2 Å². The number of benzene rings is 2. The number of anilines is 1. The van der Waals surface area contributed by atoms with E-state index in [0.29, 0.717) is 22.8 Å². The van der Waals surface area contributed by atoms with Gasteiger partial charge >= 0.3 is 0 Å². The van der Waals surface area contributed by atoms with Crippen LogP contribution in [0.2, 0.25) is 5.02 Å². The van der Waals surface area contributed by atoms with Crippen molar-refractivity contribution in [3.05, 3.63) is 64.7 Å². The fourth-order valence-electron chi connectivity index (χ4n) is 2.86. The van der Waals surface area contributed by atoms with Crippen LogP contribution < -0.4 is 10.2 Å². The Morgan fingerprint density at radius 3 is 2.68 bits per heavy atom. The van der Waals surface area contributed by atoms with Crippen LogP contribution in [0.4, 0.5) is 5.69 Å². The van der Waals surface area contributed by atoms with Crippen molar-refractivity contribution < 1.29 is 9.59 Å². The minimum absolute atomic E-state index is 0.144. The molecule has 1 atom stereocenters. The third-order valence-corrected chi connectivity index (χ3v) is 4.44. The Hall–Kier alpha value is -2.84. The second kappa shape index (κ2) is 7.37. The van der Waals surface area contributed by atoms with Crippen molar-refractivity contribution in [2.75, 3.05) is 11.4 Å². The van der Waals surface area contributed by atoms with Crippen molar-refractivity contribution in [2.24, 2.45) is 5.92 Å². The van der Waals surface area contributed by atoms with Crippen molar-refractivity contribution in [3.8, 4) is 6.07 Å². The molecule has 0 spiro atoms.